The highest BCUT2D eigenvalue weighted by molar-refractivity contribution is 5.82. The molecular weight excluding hydrogens is 666 g/mol. The van der Waals surface area contributed by atoms with E-state index in [4.69, 9.17) is 9.47 Å². The fourth-order valence-electron chi connectivity index (χ4n) is 9.31. The molecule has 2 saturated carbocycles. The minimum absolute atomic E-state index is 0.300. The number of aldehydes is 1. The zero-order valence-corrected chi connectivity index (χ0v) is 30.9. The van der Waals surface area contributed by atoms with Crippen molar-refractivity contribution in [3.8, 4) is 17.2 Å². The molecule has 4 heterocycles. The summed E-state index contributed by atoms with van der Waals surface area (Å²) in [5.74, 6) is 2.63. The van der Waals surface area contributed by atoms with Gasteiger partial charge in [-0.1, -0.05) is 50.2 Å². The monoisotopic (exact) mass is 713 g/mol. The smallest absolute Gasteiger partial charge is 0.153 e. The molecule has 0 unspecified atom stereocenters. The highest BCUT2D eigenvalue weighted by Crippen LogP contribution is 2.53. The summed E-state index contributed by atoms with van der Waals surface area (Å²) >= 11 is 0. The summed E-state index contributed by atoms with van der Waals surface area (Å²) in [5.41, 5.74) is 7.85. The van der Waals surface area contributed by atoms with Crippen LogP contribution in [0.4, 0.5) is 10.1 Å². The van der Waals surface area contributed by atoms with Gasteiger partial charge in [-0.25, -0.2) is 9.37 Å². The van der Waals surface area contributed by atoms with Crippen molar-refractivity contribution in [1.82, 2.24) is 19.8 Å². The number of nitrogens with zero attached hydrogens (tertiary/aromatic N) is 4. The predicted octanol–water partition coefficient (Wildman–Crippen LogP) is 8.84. The van der Waals surface area contributed by atoms with Crippen molar-refractivity contribution in [3.63, 3.8) is 0 Å². The maximum atomic E-state index is 14.2. The van der Waals surface area contributed by atoms with Crippen LogP contribution in [-0.4, -0.2) is 71.9 Å². The second-order valence-electron chi connectivity index (χ2n) is 16.2. The van der Waals surface area contributed by atoms with Crippen LogP contribution >= 0.6 is 0 Å². The van der Waals surface area contributed by atoms with Crippen molar-refractivity contribution in [2.24, 2.45) is 5.41 Å². The molecule has 2 aliphatic heterocycles. The number of nitrogens with one attached hydrogen (secondary N) is 1. The Morgan fingerprint density at radius 2 is 1.83 bits per heavy atom. The molecule has 2 aromatic heterocycles. The minimum Gasteiger partial charge on any atom is -0.496 e. The lowest BCUT2D eigenvalue weighted by molar-refractivity contribution is -0.0647. The zero-order valence-electron chi connectivity index (χ0n) is 30.9. The molecule has 8 nitrogen and oxygen atoms in total. The molecule has 0 amide bonds. The Morgan fingerprint density at radius 1 is 1.00 bits per heavy atom. The third-order valence-corrected chi connectivity index (χ3v) is 12.2. The van der Waals surface area contributed by atoms with E-state index >= 15 is 0 Å². The lowest BCUT2D eigenvalue weighted by atomic mass is 9.59. The summed E-state index contributed by atoms with van der Waals surface area (Å²) in [7, 11) is 1.80. The van der Waals surface area contributed by atoms with Crippen LogP contribution in [0.1, 0.15) is 90.0 Å². The van der Waals surface area contributed by atoms with Crippen LogP contribution in [0, 0.1) is 11.2 Å². The average molecular weight is 714 g/mol. The molecule has 1 N–H and O–H groups in total. The van der Waals surface area contributed by atoms with Crippen molar-refractivity contribution in [2.75, 3.05) is 44.7 Å². The van der Waals surface area contributed by atoms with Crippen LogP contribution < -0.4 is 14.4 Å². The number of fused-ring (bicyclic) bond motifs is 1. The maximum Gasteiger partial charge on any atom is 0.153 e. The number of carbonyl (C=O) groups is 1. The van der Waals surface area contributed by atoms with Gasteiger partial charge in [-0.3, -0.25) is 14.6 Å². The number of piperazine rings is 1. The maximum absolute atomic E-state index is 14.2. The van der Waals surface area contributed by atoms with E-state index in [0.717, 1.165) is 57.0 Å². The number of hydrogen-bond acceptors (Lipinski definition) is 7. The minimum atomic E-state index is -0.389. The Kier molecular flexibility index (Phi) is 8.74. The quantitative estimate of drug-likeness (QED) is 0.137. The summed E-state index contributed by atoms with van der Waals surface area (Å²) in [6.45, 7) is 10.6. The number of pyridine rings is 1. The van der Waals surface area contributed by atoms with E-state index in [2.05, 4.69) is 81.0 Å². The van der Waals surface area contributed by atoms with E-state index in [1.165, 1.54) is 54.1 Å². The number of H-pyrrole nitrogens is 1. The molecule has 4 fully saturated rings. The van der Waals surface area contributed by atoms with Crippen LogP contribution in [0.5, 0.6) is 17.2 Å². The normalized spacial score (nSPS) is 20.5. The molecule has 0 bridgehead atoms. The van der Waals surface area contributed by atoms with E-state index in [9.17, 15) is 9.18 Å². The van der Waals surface area contributed by atoms with Gasteiger partial charge in [-0.15, -0.1) is 0 Å². The van der Waals surface area contributed by atoms with Crippen molar-refractivity contribution < 1.29 is 18.7 Å². The van der Waals surface area contributed by atoms with Crippen molar-refractivity contribution >= 4 is 23.0 Å². The molecule has 2 saturated heterocycles. The first kappa shape index (κ1) is 34.1. The number of anilines is 1. The molecule has 0 radical (unpaired) electrons. The second-order valence-corrected chi connectivity index (χ2v) is 16.2. The first-order chi connectivity index (χ1) is 25.8. The van der Waals surface area contributed by atoms with Gasteiger partial charge in [-0.05, 0) is 84.0 Å². The molecule has 3 aromatic carbocycles. The topological polar surface area (TPSA) is 73.9 Å². The fraction of sp³-hybridized carbons (Fsp3) is 0.409. The Balaban J connectivity index is 0.886. The van der Waals surface area contributed by atoms with Crippen LogP contribution in [0.3, 0.4) is 0 Å². The van der Waals surface area contributed by atoms with Gasteiger partial charge in [0.2, 0.25) is 0 Å². The van der Waals surface area contributed by atoms with Gasteiger partial charge in [-0.2, -0.15) is 0 Å². The molecule has 2 aliphatic carbocycles. The first-order valence-corrected chi connectivity index (χ1v) is 19.2. The standard InChI is InChI=1S/C44H48FN5O3/c1-28(2)35-6-4-5-7-37(35)40-24-48(23-29-8-13-36(30-9-10-30)42(16-29)52-3)14-15-50(40)33-19-44(20-33)26-49(27-44)32-12-11-31(25-51)41(17-32)53-34-18-38-39(45)22-47-43(38)46-21-34/h4-8,11-13,16-18,21-22,25,28,30,33,40H,9-10,14-15,19-20,23-24,26-27H2,1-3H3,(H,46,47)/t40-/m0/s1. The van der Waals surface area contributed by atoms with E-state index in [1.807, 2.05) is 18.2 Å². The Morgan fingerprint density at radius 3 is 2.60 bits per heavy atom. The molecule has 9 rings (SSSR count). The van der Waals surface area contributed by atoms with Gasteiger partial charge < -0.3 is 19.4 Å². The summed E-state index contributed by atoms with van der Waals surface area (Å²) in [5, 5.41) is 0.353. The van der Waals surface area contributed by atoms with Crippen LogP contribution in [0.2, 0.25) is 0 Å². The van der Waals surface area contributed by atoms with Gasteiger partial charge in [0.15, 0.2) is 6.29 Å². The molecular formula is C44H48FN5O3. The van der Waals surface area contributed by atoms with Crippen molar-refractivity contribution in [1.29, 1.82) is 0 Å². The highest BCUT2D eigenvalue weighted by Gasteiger charge is 2.55. The average Bonchev–Trinajstić information content (AvgIpc) is 3.93. The van der Waals surface area contributed by atoms with Crippen LogP contribution in [0.15, 0.2) is 79.1 Å². The third kappa shape index (κ3) is 6.48. The number of aromatic nitrogens is 2. The molecule has 4 aliphatic rings. The Hall–Kier alpha value is -4.73. The number of hydrogen-bond donors (Lipinski definition) is 1. The summed E-state index contributed by atoms with van der Waals surface area (Å²) in [6, 6.07) is 24.2. The number of benzene rings is 3. The van der Waals surface area contributed by atoms with Crippen LogP contribution in [0.25, 0.3) is 11.0 Å². The van der Waals surface area contributed by atoms with Gasteiger partial charge in [0, 0.05) is 74.7 Å². The highest BCUT2D eigenvalue weighted by atomic mass is 19.1. The van der Waals surface area contributed by atoms with Gasteiger partial charge in [0.1, 0.15) is 28.7 Å². The fourth-order valence-corrected chi connectivity index (χ4v) is 9.31. The largest absolute Gasteiger partial charge is 0.496 e. The number of rotatable bonds is 11. The molecule has 1 spiro atoms. The number of halogens is 1. The number of carbonyl (C=O) groups excluding carboxylic acids is 1. The summed E-state index contributed by atoms with van der Waals surface area (Å²) < 4.78 is 26.2. The van der Waals surface area contributed by atoms with Gasteiger partial charge >= 0.3 is 0 Å². The Labute approximate surface area is 310 Å². The summed E-state index contributed by atoms with van der Waals surface area (Å²) in [4.78, 5) is 26.9. The lowest BCUT2D eigenvalue weighted by Crippen LogP contribution is -2.68. The van der Waals surface area contributed by atoms with E-state index < -0.39 is 0 Å². The predicted molar refractivity (Wildman–Crippen MR) is 206 cm³/mol. The van der Waals surface area contributed by atoms with E-state index in [1.54, 1.807) is 19.4 Å². The second kappa shape index (κ2) is 13.6. The van der Waals surface area contributed by atoms with E-state index in [-0.39, 0.29) is 5.82 Å². The van der Waals surface area contributed by atoms with Crippen LogP contribution in [-0.2, 0) is 6.54 Å². The SMILES string of the molecule is COc1cc(CN2CCN(C3CC4(C3)CN(c3ccc(C=O)c(Oc5cnc6[nH]cc(F)c6c5)c3)C4)[C@H](c3ccccc3C(C)C)C2)ccc1C1CC1. The molecule has 9 heteroatoms. The van der Waals surface area contributed by atoms with Gasteiger partial charge in [0.05, 0.1) is 24.3 Å². The summed E-state index contributed by atoms with van der Waals surface area (Å²) in [6.07, 6.45) is 8.54. The van der Waals surface area contributed by atoms with E-state index in [0.29, 0.717) is 57.4 Å². The molecule has 5 aromatic rings. The third-order valence-electron chi connectivity index (χ3n) is 12.2. The molecule has 274 valence electrons. The zero-order chi connectivity index (χ0) is 36.3. The number of methoxy groups -OCH3 is 1. The first-order valence-electron chi connectivity index (χ1n) is 19.2. The lowest BCUT2D eigenvalue weighted by Gasteiger charge is -2.63. The molecule has 1 atom stereocenters. The number of aromatic amines is 1. The number of ether oxygens (including phenoxy) is 2. The van der Waals surface area contributed by atoms with Crippen molar-refractivity contribution in [2.45, 2.75) is 70.0 Å². The Bertz CT molecular complexity index is 2150. The van der Waals surface area contributed by atoms with Gasteiger partial charge in [0.25, 0.3) is 0 Å². The molecule has 53 heavy (non-hydrogen) atoms. The van der Waals surface area contributed by atoms with Crippen molar-refractivity contribution in [3.05, 3.63) is 113 Å².